The molecule has 0 unspecified atom stereocenters. The van der Waals surface area contributed by atoms with Crippen LogP contribution < -0.4 is 4.74 Å². The average molecular weight is 267 g/mol. The third-order valence-corrected chi connectivity index (χ3v) is 2.36. The van der Waals surface area contributed by atoms with Crippen molar-refractivity contribution in [1.29, 1.82) is 0 Å². The molecule has 0 bridgehead atoms. The highest BCUT2D eigenvalue weighted by molar-refractivity contribution is 5.96. The molecule has 1 rings (SSSR count). The van der Waals surface area contributed by atoms with Crippen molar-refractivity contribution in [3.63, 3.8) is 0 Å². The Hall–Kier alpha value is -2.37. The summed E-state index contributed by atoms with van der Waals surface area (Å²) in [4.78, 5) is 23.7. The van der Waals surface area contributed by atoms with Gasteiger partial charge in [0.05, 0.1) is 7.11 Å². The van der Waals surface area contributed by atoms with Crippen LogP contribution in [0, 0.1) is 5.82 Å². The standard InChI is InChI=1S/C13H14FNO4/c1-3-6-15(8-12(16)17)13(18)9-4-5-11(19-2)10(14)7-9/h3-5,7H,1,6,8H2,2H3,(H,16,17). The van der Waals surface area contributed by atoms with Crippen molar-refractivity contribution >= 4 is 11.9 Å². The van der Waals surface area contributed by atoms with E-state index in [1.54, 1.807) is 0 Å². The summed E-state index contributed by atoms with van der Waals surface area (Å²) in [5.41, 5.74) is 0.0569. The van der Waals surface area contributed by atoms with Crippen LogP contribution in [0.3, 0.4) is 0 Å². The van der Waals surface area contributed by atoms with Crippen molar-refractivity contribution in [2.45, 2.75) is 0 Å². The maximum atomic E-state index is 13.5. The lowest BCUT2D eigenvalue weighted by Gasteiger charge is -2.19. The first-order valence-corrected chi connectivity index (χ1v) is 5.45. The second kappa shape index (κ2) is 6.53. The Morgan fingerprint density at radius 2 is 2.21 bits per heavy atom. The molecule has 1 aromatic carbocycles. The van der Waals surface area contributed by atoms with E-state index in [0.717, 1.165) is 11.0 Å². The molecular formula is C13H14FNO4. The quantitative estimate of drug-likeness (QED) is 0.794. The molecule has 0 spiro atoms. The Labute approximate surface area is 109 Å². The van der Waals surface area contributed by atoms with Gasteiger partial charge in [-0.2, -0.15) is 0 Å². The van der Waals surface area contributed by atoms with Crippen molar-refractivity contribution in [3.8, 4) is 5.75 Å². The first-order chi connectivity index (χ1) is 8.99. The van der Waals surface area contributed by atoms with E-state index in [2.05, 4.69) is 6.58 Å². The summed E-state index contributed by atoms with van der Waals surface area (Å²) < 4.78 is 18.2. The van der Waals surface area contributed by atoms with Crippen LogP contribution in [0.25, 0.3) is 0 Å². The molecule has 0 heterocycles. The number of hydrogen-bond acceptors (Lipinski definition) is 3. The minimum Gasteiger partial charge on any atom is -0.494 e. The second-order valence-electron chi connectivity index (χ2n) is 3.72. The van der Waals surface area contributed by atoms with E-state index < -0.39 is 24.2 Å². The zero-order valence-electron chi connectivity index (χ0n) is 10.4. The first-order valence-electron chi connectivity index (χ1n) is 5.45. The Balaban J connectivity index is 2.98. The summed E-state index contributed by atoms with van der Waals surface area (Å²) in [5, 5.41) is 8.72. The summed E-state index contributed by atoms with van der Waals surface area (Å²) >= 11 is 0. The summed E-state index contributed by atoms with van der Waals surface area (Å²) in [6.07, 6.45) is 1.40. The van der Waals surface area contributed by atoms with Gasteiger partial charge in [-0.05, 0) is 18.2 Å². The van der Waals surface area contributed by atoms with Gasteiger partial charge in [0.15, 0.2) is 11.6 Å². The van der Waals surface area contributed by atoms with Gasteiger partial charge in [0, 0.05) is 12.1 Å². The van der Waals surface area contributed by atoms with E-state index >= 15 is 0 Å². The van der Waals surface area contributed by atoms with Crippen molar-refractivity contribution in [2.75, 3.05) is 20.2 Å². The van der Waals surface area contributed by atoms with Gasteiger partial charge >= 0.3 is 5.97 Å². The van der Waals surface area contributed by atoms with Gasteiger partial charge in [-0.15, -0.1) is 6.58 Å². The maximum Gasteiger partial charge on any atom is 0.323 e. The zero-order valence-corrected chi connectivity index (χ0v) is 10.4. The number of aliphatic carboxylic acids is 1. The number of ether oxygens (including phenoxy) is 1. The first kappa shape index (κ1) is 14.7. The maximum absolute atomic E-state index is 13.5. The second-order valence-corrected chi connectivity index (χ2v) is 3.72. The molecule has 0 fully saturated rings. The lowest BCUT2D eigenvalue weighted by Crippen LogP contribution is -2.35. The van der Waals surface area contributed by atoms with Gasteiger partial charge in [0.1, 0.15) is 6.54 Å². The van der Waals surface area contributed by atoms with Crippen molar-refractivity contribution in [1.82, 2.24) is 4.90 Å². The van der Waals surface area contributed by atoms with Crippen LogP contribution in [0.4, 0.5) is 4.39 Å². The van der Waals surface area contributed by atoms with E-state index in [9.17, 15) is 14.0 Å². The van der Waals surface area contributed by atoms with Gasteiger partial charge in [0.25, 0.3) is 5.91 Å². The average Bonchev–Trinajstić information content (AvgIpc) is 2.36. The molecular weight excluding hydrogens is 253 g/mol. The number of carboxylic acids is 1. The van der Waals surface area contributed by atoms with Gasteiger partial charge in [-0.3, -0.25) is 9.59 Å². The van der Waals surface area contributed by atoms with Crippen LogP contribution in [-0.2, 0) is 4.79 Å². The summed E-state index contributed by atoms with van der Waals surface area (Å²) in [6.45, 7) is 3.04. The largest absolute Gasteiger partial charge is 0.494 e. The molecule has 0 atom stereocenters. The summed E-state index contributed by atoms with van der Waals surface area (Å²) in [6, 6.07) is 3.71. The molecule has 6 heteroatoms. The third-order valence-electron chi connectivity index (χ3n) is 2.36. The number of benzene rings is 1. The van der Waals surface area contributed by atoms with Crippen LogP contribution in [0.5, 0.6) is 5.75 Å². The van der Waals surface area contributed by atoms with Crippen LogP contribution >= 0.6 is 0 Å². The molecule has 5 nitrogen and oxygen atoms in total. The number of carbonyl (C=O) groups excluding carboxylic acids is 1. The Bertz CT molecular complexity index is 501. The van der Waals surface area contributed by atoms with Crippen LogP contribution in [0.2, 0.25) is 0 Å². The molecule has 0 aromatic heterocycles. The van der Waals surface area contributed by atoms with Crippen molar-refractivity contribution in [2.24, 2.45) is 0 Å². The van der Waals surface area contributed by atoms with E-state index in [4.69, 9.17) is 9.84 Å². The minimum absolute atomic E-state index is 0.0186. The van der Waals surface area contributed by atoms with Crippen molar-refractivity contribution < 1.29 is 23.8 Å². The zero-order chi connectivity index (χ0) is 14.4. The molecule has 0 saturated carbocycles. The molecule has 1 N–H and O–H groups in total. The number of halogens is 1. The number of amides is 1. The highest BCUT2D eigenvalue weighted by atomic mass is 19.1. The Kier molecular flexibility index (Phi) is 5.05. The topological polar surface area (TPSA) is 66.8 Å². The van der Waals surface area contributed by atoms with E-state index in [1.807, 2.05) is 0 Å². The fourth-order valence-corrected chi connectivity index (χ4v) is 1.52. The molecule has 102 valence electrons. The molecule has 0 aliphatic rings. The number of rotatable bonds is 6. The smallest absolute Gasteiger partial charge is 0.323 e. The fourth-order valence-electron chi connectivity index (χ4n) is 1.52. The van der Waals surface area contributed by atoms with E-state index in [0.29, 0.717) is 0 Å². The summed E-state index contributed by atoms with van der Waals surface area (Å²) in [5.74, 6) is -2.39. The summed E-state index contributed by atoms with van der Waals surface area (Å²) in [7, 11) is 1.31. The molecule has 0 radical (unpaired) electrons. The highest BCUT2D eigenvalue weighted by Crippen LogP contribution is 2.18. The number of carbonyl (C=O) groups is 2. The predicted octanol–water partition coefficient (Wildman–Crippen LogP) is 1.55. The Morgan fingerprint density at radius 1 is 1.53 bits per heavy atom. The highest BCUT2D eigenvalue weighted by Gasteiger charge is 2.18. The van der Waals surface area contributed by atoms with Gasteiger partial charge in [-0.25, -0.2) is 4.39 Å². The molecule has 1 amide bonds. The van der Waals surface area contributed by atoms with Crippen LogP contribution in [0.1, 0.15) is 10.4 Å². The minimum atomic E-state index is -1.15. The van der Waals surface area contributed by atoms with Crippen LogP contribution in [0.15, 0.2) is 30.9 Å². The monoisotopic (exact) mass is 267 g/mol. The third kappa shape index (κ3) is 3.80. The fraction of sp³-hybridized carbons (Fsp3) is 0.231. The number of hydrogen-bond donors (Lipinski definition) is 1. The normalized spacial score (nSPS) is 9.79. The predicted molar refractivity (Wildman–Crippen MR) is 66.7 cm³/mol. The lowest BCUT2D eigenvalue weighted by atomic mass is 10.2. The Morgan fingerprint density at radius 3 is 2.68 bits per heavy atom. The van der Waals surface area contributed by atoms with Gasteiger partial charge in [-0.1, -0.05) is 6.08 Å². The molecule has 0 saturated heterocycles. The van der Waals surface area contributed by atoms with E-state index in [-0.39, 0.29) is 17.9 Å². The van der Waals surface area contributed by atoms with Gasteiger partial charge in [0.2, 0.25) is 0 Å². The van der Waals surface area contributed by atoms with Gasteiger partial charge < -0.3 is 14.7 Å². The molecule has 1 aromatic rings. The SMILES string of the molecule is C=CCN(CC(=O)O)C(=O)c1ccc(OC)c(F)c1. The number of nitrogens with zero attached hydrogens (tertiary/aromatic N) is 1. The lowest BCUT2D eigenvalue weighted by molar-refractivity contribution is -0.137. The number of methoxy groups -OCH3 is 1. The molecule has 0 aliphatic heterocycles. The van der Waals surface area contributed by atoms with E-state index in [1.165, 1.54) is 25.3 Å². The van der Waals surface area contributed by atoms with Crippen molar-refractivity contribution in [3.05, 3.63) is 42.2 Å². The molecule has 19 heavy (non-hydrogen) atoms. The molecule has 0 aliphatic carbocycles. The number of carboxylic acid groups (broad SMARTS) is 1. The van der Waals surface area contributed by atoms with Crippen LogP contribution in [-0.4, -0.2) is 42.1 Å².